The predicted octanol–water partition coefficient (Wildman–Crippen LogP) is 7.49. The van der Waals surface area contributed by atoms with E-state index in [0.717, 1.165) is 46.7 Å². The van der Waals surface area contributed by atoms with Crippen LogP contribution in [0.15, 0.2) is 82.7 Å². The molecule has 0 saturated carbocycles. The van der Waals surface area contributed by atoms with E-state index in [1.807, 2.05) is 55.5 Å². The monoisotopic (exact) mass is 607 g/mol. The molecule has 0 fully saturated rings. The van der Waals surface area contributed by atoms with Crippen LogP contribution in [0.3, 0.4) is 0 Å². The van der Waals surface area contributed by atoms with Gasteiger partial charge in [-0.3, -0.25) is 14.5 Å². The van der Waals surface area contributed by atoms with Gasteiger partial charge in [0.2, 0.25) is 0 Å². The molecule has 0 bridgehead atoms. The molecule has 0 aliphatic rings. The van der Waals surface area contributed by atoms with Crippen LogP contribution in [0, 0.1) is 12.3 Å². The van der Waals surface area contributed by atoms with Gasteiger partial charge in [-0.1, -0.05) is 63.9 Å². The number of benzene rings is 3. The Morgan fingerprint density at radius 1 is 1.12 bits per heavy atom. The molecular weight excluding hydrogens is 567 g/mol. The summed E-state index contributed by atoms with van der Waals surface area (Å²) in [5, 5.41) is 0. The van der Waals surface area contributed by atoms with Gasteiger partial charge in [0.15, 0.2) is 0 Å². The Bertz CT molecular complexity index is 1380. The third kappa shape index (κ3) is 9.69. The van der Waals surface area contributed by atoms with Gasteiger partial charge in [-0.15, -0.1) is 29.7 Å². The maximum atomic E-state index is 13.0. The Kier molecular flexibility index (Phi) is 12.9. The van der Waals surface area contributed by atoms with Crippen LogP contribution >= 0.6 is 31.6 Å². The van der Waals surface area contributed by atoms with Crippen LogP contribution in [-0.2, 0) is 17.6 Å². The molecule has 0 aromatic heterocycles. The second kappa shape index (κ2) is 16.1. The minimum atomic E-state index is -2.13. The average Bonchev–Trinajstić information content (AvgIpc) is 2.98. The molecule has 1 N–H and O–H groups in total. The summed E-state index contributed by atoms with van der Waals surface area (Å²) < 4.78 is 8.82. The molecule has 41 heavy (non-hydrogen) atoms. The quantitative estimate of drug-likeness (QED) is 0.0770. The molecule has 1 unspecified atom stereocenters. The van der Waals surface area contributed by atoms with Gasteiger partial charge in [-0.2, -0.15) is 0 Å². The van der Waals surface area contributed by atoms with Crippen molar-refractivity contribution in [2.24, 2.45) is 4.99 Å². The van der Waals surface area contributed by atoms with Crippen LogP contribution in [0.5, 0.6) is 0 Å². The van der Waals surface area contributed by atoms with Gasteiger partial charge >= 0.3 is 0 Å². The molecule has 3 aromatic rings. The Balaban J connectivity index is 1.96. The van der Waals surface area contributed by atoms with Gasteiger partial charge in [-0.05, 0) is 73.7 Å². The highest BCUT2D eigenvalue weighted by Crippen LogP contribution is 2.61. The van der Waals surface area contributed by atoms with Crippen LogP contribution in [0.1, 0.15) is 53.7 Å². The summed E-state index contributed by atoms with van der Waals surface area (Å²) in [7, 11) is 1.26. The molecule has 0 aliphatic heterocycles. The van der Waals surface area contributed by atoms with Crippen molar-refractivity contribution in [1.82, 2.24) is 9.62 Å². The Hall–Kier alpha value is -2.67. The van der Waals surface area contributed by atoms with E-state index >= 15 is 0 Å². The zero-order valence-electron chi connectivity index (χ0n) is 24.3. The van der Waals surface area contributed by atoms with Crippen molar-refractivity contribution in [2.75, 3.05) is 27.3 Å². The molecule has 0 heterocycles. The average molecular weight is 608 g/mol. The minimum absolute atomic E-state index is 0.0788. The highest BCUT2D eigenvalue weighted by molar-refractivity contribution is 9.17. The number of terminal acetylenes is 1. The number of nitrogens with zero attached hydrogens (tertiary/aromatic N) is 2. The van der Waals surface area contributed by atoms with Gasteiger partial charge in [0.05, 0.1) is 18.3 Å². The number of unbranched alkanes of at least 4 members (excludes halogenated alkanes) is 1. The summed E-state index contributed by atoms with van der Waals surface area (Å²) >= 11 is 10.1. The van der Waals surface area contributed by atoms with Crippen molar-refractivity contribution in [1.29, 1.82) is 0 Å². The number of methoxy groups -OCH3 is 1. The molecular formula is C33H41N3O2S3. The van der Waals surface area contributed by atoms with Crippen LogP contribution in [-0.4, -0.2) is 49.9 Å². The number of hydrogen-bond acceptors (Lipinski definition) is 6. The molecule has 8 heteroatoms. The largest absolute Gasteiger partial charge is 0.383 e. The van der Waals surface area contributed by atoms with Crippen LogP contribution in [0.4, 0.5) is 5.69 Å². The van der Waals surface area contributed by atoms with Gasteiger partial charge < -0.3 is 9.64 Å². The molecule has 5 nitrogen and oxygen atoms in total. The van der Waals surface area contributed by atoms with Gasteiger partial charge in [-0.25, -0.2) is 0 Å². The zero-order chi connectivity index (χ0) is 29.8. The summed E-state index contributed by atoms with van der Waals surface area (Å²) in [5.74, 6) is 2.65. The number of amides is 1. The summed E-state index contributed by atoms with van der Waals surface area (Å²) in [6, 6.07) is 23.7. The van der Waals surface area contributed by atoms with E-state index in [1.165, 1.54) is 5.56 Å². The highest BCUT2D eigenvalue weighted by atomic mass is 33.5. The maximum Gasteiger partial charge on any atom is 0.253 e. The molecule has 218 valence electrons. The van der Waals surface area contributed by atoms with E-state index in [-0.39, 0.29) is 11.9 Å². The Morgan fingerprint density at radius 2 is 1.88 bits per heavy atom. The molecule has 0 aliphatic carbocycles. The number of carbonyl (C=O) groups is 1. The molecule has 1 atom stereocenters. The molecule has 1 amide bonds. The van der Waals surface area contributed by atoms with Crippen molar-refractivity contribution in [2.45, 2.75) is 50.5 Å². The third-order valence-corrected chi connectivity index (χ3v) is 10.2. The first-order valence-corrected chi connectivity index (χ1v) is 17.5. The van der Waals surface area contributed by atoms with E-state index in [4.69, 9.17) is 39.5 Å². The maximum absolute atomic E-state index is 13.0. The van der Waals surface area contributed by atoms with Gasteiger partial charge in [0.25, 0.3) is 5.91 Å². The fraction of sp³-hybridized carbons (Fsp3) is 0.333. The summed E-state index contributed by atoms with van der Waals surface area (Å²) in [5.41, 5.74) is 5.64. The number of aliphatic imine (C=N–C) groups is 1. The van der Waals surface area contributed by atoms with Crippen LogP contribution in [0.2, 0.25) is 0 Å². The third-order valence-electron chi connectivity index (χ3n) is 6.82. The first-order valence-electron chi connectivity index (χ1n) is 13.8. The summed E-state index contributed by atoms with van der Waals surface area (Å²) in [6.45, 7) is 5.22. The predicted molar refractivity (Wildman–Crippen MR) is 182 cm³/mol. The lowest BCUT2D eigenvalue weighted by Gasteiger charge is -2.35. The first-order chi connectivity index (χ1) is 19.7. The number of carbonyl (C=O) groups excluding carboxylic acids is 1. The topological polar surface area (TPSA) is 53.9 Å². The molecule has 0 spiro atoms. The number of nitrogens with one attached hydrogen (secondary N) is 1. The lowest BCUT2D eigenvalue weighted by Crippen LogP contribution is -2.36. The van der Waals surface area contributed by atoms with Crippen molar-refractivity contribution in [3.63, 3.8) is 0 Å². The van der Waals surface area contributed by atoms with Crippen LogP contribution in [0.25, 0.3) is 0 Å². The second-order valence-electron chi connectivity index (χ2n) is 10.0. The number of ether oxygens (including phenoxy) is 1. The molecule has 0 saturated heterocycles. The van der Waals surface area contributed by atoms with Crippen LogP contribution < -0.4 is 4.72 Å². The fourth-order valence-electron chi connectivity index (χ4n) is 4.39. The van der Waals surface area contributed by atoms with E-state index in [9.17, 15) is 4.79 Å². The lowest BCUT2D eigenvalue weighted by atomic mass is 10.0. The standard InChI is InChI=1S/C33H41N3O2S3/c1-6-8-15-28-16-9-10-19-31(28)34-25(3)32(23-27-14-11-13-26(7-2)22-27)35-41(39,40)30-18-12-17-29(24-30)33(37)36(4)20-21-38-5/h2,9-14,16-19,22,24,32,35,39-40H,6,8,15,20-21,23H2,1,3-5H3. The summed E-state index contributed by atoms with van der Waals surface area (Å²) in [6.07, 6.45) is 9.56. The van der Waals surface area contributed by atoms with E-state index < -0.39 is 8.28 Å². The number of hydrogen-bond donors (Lipinski definition) is 3. The number of para-hydroxylation sites is 1. The molecule has 0 radical (unpaired) electrons. The van der Waals surface area contributed by atoms with E-state index in [1.54, 1.807) is 19.1 Å². The first kappa shape index (κ1) is 32.8. The summed E-state index contributed by atoms with van der Waals surface area (Å²) in [4.78, 5) is 20.7. The van der Waals surface area contributed by atoms with Gasteiger partial charge in [0.1, 0.15) is 0 Å². The smallest absolute Gasteiger partial charge is 0.253 e. The molecule has 3 rings (SSSR count). The SMILES string of the molecule is C#Cc1cccc(CC(NS(S)(S)c2cccc(C(=O)N(C)CCOC)c2)C(C)=Nc2ccccc2CCCC)c1. The Morgan fingerprint density at radius 3 is 2.61 bits per heavy atom. The normalized spacial score (nSPS) is 13.0. The molecule has 3 aromatic carbocycles. The zero-order valence-corrected chi connectivity index (χ0v) is 26.9. The van der Waals surface area contributed by atoms with Crippen molar-refractivity contribution >= 4 is 48.9 Å². The minimum Gasteiger partial charge on any atom is -0.383 e. The van der Waals surface area contributed by atoms with Crippen molar-refractivity contribution in [3.05, 3.63) is 95.1 Å². The Labute approximate surface area is 257 Å². The fourth-order valence-corrected chi connectivity index (χ4v) is 7.18. The number of thiol groups is 2. The van der Waals surface area contributed by atoms with E-state index in [2.05, 4.69) is 41.8 Å². The number of rotatable bonds is 14. The van der Waals surface area contributed by atoms with Crippen molar-refractivity contribution < 1.29 is 9.53 Å². The second-order valence-corrected chi connectivity index (χ2v) is 16.0. The van der Waals surface area contributed by atoms with Crippen molar-refractivity contribution in [3.8, 4) is 12.3 Å². The van der Waals surface area contributed by atoms with E-state index in [0.29, 0.717) is 25.1 Å². The number of aryl methyl sites for hydroxylation is 1. The highest BCUT2D eigenvalue weighted by Gasteiger charge is 2.26. The number of likely N-dealkylation sites (N-methyl/N-ethyl adjacent to an activating group) is 1. The van der Waals surface area contributed by atoms with Gasteiger partial charge in [0, 0.05) is 42.4 Å². The lowest BCUT2D eigenvalue weighted by molar-refractivity contribution is 0.0744.